The van der Waals surface area contributed by atoms with E-state index in [9.17, 15) is 0 Å². The molecule has 0 saturated carbocycles. The molecule has 0 aromatic heterocycles. The Kier molecular flexibility index (Phi) is 3.74. The van der Waals surface area contributed by atoms with Gasteiger partial charge in [-0.1, -0.05) is 54.1 Å². The van der Waals surface area contributed by atoms with Gasteiger partial charge < -0.3 is 4.74 Å². The molecule has 0 aliphatic carbocycles. The van der Waals surface area contributed by atoms with Crippen LogP contribution < -0.4 is 4.74 Å². The van der Waals surface area contributed by atoms with Crippen molar-refractivity contribution < 1.29 is 4.74 Å². The largest absolute Gasteiger partial charge is 0.457 e. The van der Waals surface area contributed by atoms with Crippen molar-refractivity contribution in [2.24, 2.45) is 0 Å². The SMILES string of the molecule is Cc1ccc(-c2ccc(Oc3cccc(C)c3)cc2)cc1. The maximum Gasteiger partial charge on any atom is 0.127 e. The molecule has 0 unspecified atom stereocenters. The van der Waals surface area contributed by atoms with E-state index >= 15 is 0 Å². The summed E-state index contributed by atoms with van der Waals surface area (Å²) in [5.74, 6) is 1.73. The molecule has 21 heavy (non-hydrogen) atoms. The number of ether oxygens (including phenoxy) is 1. The lowest BCUT2D eigenvalue weighted by molar-refractivity contribution is 0.482. The first-order valence-corrected chi connectivity index (χ1v) is 7.12. The standard InChI is InChI=1S/C20H18O/c1-15-6-8-17(9-7-15)18-10-12-19(13-11-18)21-20-5-3-4-16(2)14-20/h3-14H,1-2H3. The van der Waals surface area contributed by atoms with Gasteiger partial charge in [0.2, 0.25) is 0 Å². The predicted octanol–water partition coefficient (Wildman–Crippen LogP) is 5.76. The third kappa shape index (κ3) is 3.32. The van der Waals surface area contributed by atoms with Gasteiger partial charge in [-0.25, -0.2) is 0 Å². The summed E-state index contributed by atoms with van der Waals surface area (Å²) in [6, 6.07) is 24.8. The first-order valence-electron chi connectivity index (χ1n) is 7.12. The Hall–Kier alpha value is -2.54. The average Bonchev–Trinajstić information content (AvgIpc) is 2.49. The van der Waals surface area contributed by atoms with Crippen LogP contribution in [-0.4, -0.2) is 0 Å². The van der Waals surface area contributed by atoms with Crippen molar-refractivity contribution >= 4 is 0 Å². The van der Waals surface area contributed by atoms with E-state index in [4.69, 9.17) is 4.74 Å². The van der Waals surface area contributed by atoms with E-state index in [1.165, 1.54) is 22.3 Å². The Balaban J connectivity index is 1.79. The zero-order valence-electron chi connectivity index (χ0n) is 12.3. The molecule has 0 N–H and O–H groups in total. The summed E-state index contributed by atoms with van der Waals surface area (Å²) >= 11 is 0. The van der Waals surface area contributed by atoms with E-state index < -0.39 is 0 Å². The average molecular weight is 274 g/mol. The van der Waals surface area contributed by atoms with E-state index in [2.05, 4.69) is 56.3 Å². The second-order valence-corrected chi connectivity index (χ2v) is 5.31. The topological polar surface area (TPSA) is 9.23 Å². The quantitative estimate of drug-likeness (QED) is 0.589. The van der Waals surface area contributed by atoms with Crippen LogP contribution >= 0.6 is 0 Å². The number of hydrogen-bond acceptors (Lipinski definition) is 1. The highest BCUT2D eigenvalue weighted by Gasteiger charge is 2.00. The smallest absolute Gasteiger partial charge is 0.127 e. The van der Waals surface area contributed by atoms with Gasteiger partial charge >= 0.3 is 0 Å². The summed E-state index contributed by atoms with van der Waals surface area (Å²) < 4.78 is 5.87. The van der Waals surface area contributed by atoms with E-state index in [0.29, 0.717) is 0 Å². The summed E-state index contributed by atoms with van der Waals surface area (Å²) in [7, 11) is 0. The zero-order chi connectivity index (χ0) is 14.7. The van der Waals surface area contributed by atoms with Crippen molar-refractivity contribution in [3.05, 3.63) is 83.9 Å². The number of aryl methyl sites for hydroxylation is 2. The summed E-state index contributed by atoms with van der Waals surface area (Å²) in [6.45, 7) is 4.16. The van der Waals surface area contributed by atoms with E-state index in [0.717, 1.165) is 11.5 Å². The molecule has 3 rings (SSSR count). The van der Waals surface area contributed by atoms with Gasteiger partial charge in [-0.3, -0.25) is 0 Å². The number of hydrogen-bond donors (Lipinski definition) is 0. The minimum absolute atomic E-state index is 0.858. The Morgan fingerprint density at radius 2 is 1.19 bits per heavy atom. The summed E-state index contributed by atoms with van der Waals surface area (Å²) in [5.41, 5.74) is 4.90. The van der Waals surface area contributed by atoms with Gasteiger partial charge in [0.05, 0.1) is 0 Å². The lowest BCUT2D eigenvalue weighted by Gasteiger charge is -2.08. The molecule has 3 aromatic rings. The molecule has 0 bridgehead atoms. The van der Waals surface area contributed by atoms with Gasteiger partial charge in [0.25, 0.3) is 0 Å². The van der Waals surface area contributed by atoms with Crippen LogP contribution in [0.5, 0.6) is 11.5 Å². The highest BCUT2D eigenvalue weighted by Crippen LogP contribution is 2.26. The Labute approximate surface area is 125 Å². The predicted molar refractivity (Wildman–Crippen MR) is 87.9 cm³/mol. The molecule has 1 heteroatoms. The molecule has 0 aliphatic heterocycles. The lowest BCUT2D eigenvalue weighted by atomic mass is 10.0. The highest BCUT2D eigenvalue weighted by atomic mass is 16.5. The first-order chi connectivity index (χ1) is 10.2. The van der Waals surface area contributed by atoms with Gasteiger partial charge in [-0.2, -0.15) is 0 Å². The molecule has 0 spiro atoms. The molecule has 1 nitrogen and oxygen atoms in total. The maximum atomic E-state index is 5.87. The van der Waals surface area contributed by atoms with Crippen LogP contribution in [0.1, 0.15) is 11.1 Å². The molecule has 0 radical (unpaired) electrons. The van der Waals surface area contributed by atoms with Crippen LogP contribution in [0.15, 0.2) is 72.8 Å². The Morgan fingerprint density at radius 3 is 1.81 bits per heavy atom. The van der Waals surface area contributed by atoms with Crippen molar-refractivity contribution in [3.8, 4) is 22.6 Å². The summed E-state index contributed by atoms with van der Waals surface area (Å²) in [4.78, 5) is 0. The Bertz CT molecular complexity index is 725. The van der Waals surface area contributed by atoms with Crippen LogP contribution in [0.4, 0.5) is 0 Å². The highest BCUT2D eigenvalue weighted by molar-refractivity contribution is 5.64. The van der Waals surface area contributed by atoms with Gasteiger partial charge in [0, 0.05) is 0 Å². The Morgan fingerprint density at radius 1 is 0.571 bits per heavy atom. The van der Waals surface area contributed by atoms with E-state index in [1.807, 2.05) is 30.3 Å². The van der Waals surface area contributed by atoms with Crippen LogP contribution in [0, 0.1) is 13.8 Å². The second-order valence-electron chi connectivity index (χ2n) is 5.31. The minimum atomic E-state index is 0.858. The van der Waals surface area contributed by atoms with Crippen molar-refractivity contribution in [1.29, 1.82) is 0 Å². The zero-order valence-corrected chi connectivity index (χ0v) is 12.3. The van der Waals surface area contributed by atoms with Crippen molar-refractivity contribution in [2.45, 2.75) is 13.8 Å². The molecule has 0 heterocycles. The van der Waals surface area contributed by atoms with Crippen molar-refractivity contribution in [1.82, 2.24) is 0 Å². The molecule has 0 amide bonds. The maximum absolute atomic E-state index is 5.87. The molecule has 0 fully saturated rings. The molecule has 104 valence electrons. The van der Waals surface area contributed by atoms with E-state index in [-0.39, 0.29) is 0 Å². The normalized spacial score (nSPS) is 10.4. The number of benzene rings is 3. The first kappa shape index (κ1) is 13.4. The lowest BCUT2D eigenvalue weighted by Crippen LogP contribution is -1.85. The fourth-order valence-electron chi connectivity index (χ4n) is 2.28. The molecular weight excluding hydrogens is 256 g/mol. The van der Waals surface area contributed by atoms with Crippen molar-refractivity contribution in [2.75, 3.05) is 0 Å². The molecular formula is C20H18O. The minimum Gasteiger partial charge on any atom is -0.457 e. The van der Waals surface area contributed by atoms with Crippen LogP contribution in [0.3, 0.4) is 0 Å². The van der Waals surface area contributed by atoms with Crippen LogP contribution in [0.25, 0.3) is 11.1 Å². The van der Waals surface area contributed by atoms with Crippen molar-refractivity contribution in [3.63, 3.8) is 0 Å². The second kappa shape index (κ2) is 5.84. The van der Waals surface area contributed by atoms with Gasteiger partial charge in [0.15, 0.2) is 0 Å². The van der Waals surface area contributed by atoms with Gasteiger partial charge in [-0.05, 0) is 54.8 Å². The molecule has 0 aliphatic rings. The van der Waals surface area contributed by atoms with Gasteiger partial charge in [0.1, 0.15) is 11.5 Å². The van der Waals surface area contributed by atoms with Crippen LogP contribution in [0.2, 0.25) is 0 Å². The van der Waals surface area contributed by atoms with Crippen LogP contribution in [-0.2, 0) is 0 Å². The fraction of sp³-hybridized carbons (Fsp3) is 0.100. The van der Waals surface area contributed by atoms with E-state index in [1.54, 1.807) is 0 Å². The molecule has 0 atom stereocenters. The summed E-state index contributed by atoms with van der Waals surface area (Å²) in [5, 5.41) is 0. The monoisotopic (exact) mass is 274 g/mol. The molecule has 0 saturated heterocycles. The third-order valence-corrected chi connectivity index (χ3v) is 3.46. The summed E-state index contributed by atoms with van der Waals surface area (Å²) in [6.07, 6.45) is 0. The molecule has 3 aromatic carbocycles. The van der Waals surface area contributed by atoms with Gasteiger partial charge in [-0.15, -0.1) is 0 Å². The third-order valence-electron chi connectivity index (χ3n) is 3.46. The number of rotatable bonds is 3. The fourth-order valence-corrected chi connectivity index (χ4v) is 2.28.